The molecular weight excluding hydrogens is 375 g/mol. The van der Waals surface area contributed by atoms with Crippen molar-refractivity contribution in [2.45, 2.75) is 4.90 Å². The number of nitriles is 1. The maximum Gasteiger partial charge on any atom is 0.223 e. The molecule has 0 bridgehead atoms. The fourth-order valence-corrected chi connectivity index (χ4v) is 4.18. The van der Waals surface area contributed by atoms with E-state index in [1.807, 2.05) is 0 Å². The molecule has 1 aliphatic heterocycles. The molecular formula is C18H15FN2O5S. The molecule has 0 radical (unpaired) electrons. The van der Waals surface area contributed by atoms with Crippen molar-refractivity contribution in [2.24, 2.45) is 0 Å². The number of anilines is 2. The average molecular weight is 390 g/mol. The summed E-state index contributed by atoms with van der Waals surface area (Å²) in [7, 11) is 0.0705. The second-order valence-corrected chi connectivity index (χ2v) is 7.31. The monoisotopic (exact) mass is 390 g/mol. The van der Waals surface area contributed by atoms with Gasteiger partial charge in [0.15, 0.2) is 16.4 Å². The minimum Gasteiger partial charge on any atom is -0.493 e. The number of rotatable bonds is 4. The number of fused-ring (bicyclic) bond motifs is 1. The number of allylic oxidation sites excluding steroid dienone is 1. The van der Waals surface area contributed by atoms with Crippen molar-refractivity contribution < 1.29 is 27.0 Å². The van der Waals surface area contributed by atoms with Gasteiger partial charge >= 0.3 is 0 Å². The van der Waals surface area contributed by atoms with Gasteiger partial charge in [0.25, 0.3) is 0 Å². The third-order valence-electron chi connectivity index (χ3n) is 4.05. The van der Waals surface area contributed by atoms with Gasteiger partial charge in [-0.2, -0.15) is 5.26 Å². The summed E-state index contributed by atoms with van der Waals surface area (Å²) in [5, 5.41) is 9.28. The predicted molar refractivity (Wildman–Crippen MR) is 95.5 cm³/mol. The van der Waals surface area contributed by atoms with E-state index in [2.05, 4.69) is 0 Å². The Morgan fingerprint density at radius 3 is 2.22 bits per heavy atom. The van der Waals surface area contributed by atoms with Crippen LogP contribution in [-0.4, -0.2) is 29.7 Å². The second kappa shape index (κ2) is 6.81. The normalized spacial score (nSPS) is 14.6. The second-order valence-electron chi connectivity index (χ2n) is 5.45. The van der Waals surface area contributed by atoms with Crippen LogP contribution in [0.4, 0.5) is 15.8 Å². The van der Waals surface area contributed by atoms with Gasteiger partial charge < -0.3 is 19.1 Å². The molecule has 3 rings (SSSR count). The summed E-state index contributed by atoms with van der Waals surface area (Å²) in [6, 6.07) is 8.63. The Balaban J connectivity index is 2.33. The summed E-state index contributed by atoms with van der Waals surface area (Å²) >= 11 is 0. The van der Waals surface area contributed by atoms with Gasteiger partial charge in [-0.3, -0.25) is 0 Å². The summed E-state index contributed by atoms with van der Waals surface area (Å²) < 4.78 is 55.4. The minimum atomic E-state index is -4.25. The summed E-state index contributed by atoms with van der Waals surface area (Å²) in [6.45, 7) is 0. The first-order valence-electron chi connectivity index (χ1n) is 7.63. The molecule has 9 heteroatoms. The fourth-order valence-electron chi connectivity index (χ4n) is 2.83. The Morgan fingerprint density at radius 1 is 1.07 bits per heavy atom. The van der Waals surface area contributed by atoms with Crippen LogP contribution in [0.25, 0.3) is 0 Å². The summed E-state index contributed by atoms with van der Waals surface area (Å²) in [5.41, 5.74) is 0.474. The lowest BCUT2D eigenvalue weighted by Gasteiger charge is -2.28. The van der Waals surface area contributed by atoms with Crippen LogP contribution in [0.15, 0.2) is 46.3 Å². The molecule has 0 amide bonds. The molecule has 0 N–H and O–H groups in total. The number of nitrogens with zero attached hydrogens (tertiary/aromatic N) is 2. The Labute approximate surface area is 155 Å². The van der Waals surface area contributed by atoms with Crippen LogP contribution in [0.5, 0.6) is 17.2 Å². The van der Waals surface area contributed by atoms with Crippen molar-refractivity contribution in [1.82, 2.24) is 0 Å². The van der Waals surface area contributed by atoms with E-state index in [1.54, 1.807) is 18.2 Å². The van der Waals surface area contributed by atoms with Crippen molar-refractivity contribution in [1.29, 1.82) is 5.26 Å². The molecule has 0 atom stereocenters. The van der Waals surface area contributed by atoms with Crippen LogP contribution < -0.4 is 19.1 Å². The lowest BCUT2D eigenvalue weighted by molar-refractivity contribution is 0.324. The zero-order chi connectivity index (χ0) is 19.8. The molecule has 0 aliphatic carbocycles. The van der Waals surface area contributed by atoms with E-state index in [4.69, 9.17) is 14.2 Å². The van der Waals surface area contributed by atoms with E-state index in [0.29, 0.717) is 22.9 Å². The number of sulfone groups is 1. The lowest BCUT2D eigenvalue weighted by Crippen LogP contribution is -2.22. The third kappa shape index (κ3) is 2.84. The molecule has 0 aromatic heterocycles. The first-order chi connectivity index (χ1) is 12.9. The maximum absolute atomic E-state index is 14.4. The predicted octanol–water partition coefficient (Wildman–Crippen LogP) is 3.14. The Morgan fingerprint density at radius 2 is 1.70 bits per heavy atom. The van der Waals surface area contributed by atoms with E-state index < -0.39 is 25.5 Å². The standard InChI is InChI=1S/C18H15FN2O5S/c1-24-15-7-11(8-16(25-2)17(15)26-3)21-10-12(9-20)27(22,23)18-13(19)5-4-6-14(18)21/h4-8,10H,1-3H3. The molecule has 0 fully saturated rings. The van der Waals surface area contributed by atoms with Gasteiger partial charge in [-0.15, -0.1) is 0 Å². The highest BCUT2D eigenvalue weighted by molar-refractivity contribution is 7.95. The molecule has 0 saturated heterocycles. The Hall–Kier alpha value is -3.25. The number of halogens is 1. The van der Waals surface area contributed by atoms with Crippen molar-refractivity contribution in [3.63, 3.8) is 0 Å². The van der Waals surface area contributed by atoms with Gasteiger partial charge in [-0.25, -0.2) is 12.8 Å². The average Bonchev–Trinajstić information content (AvgIpc) is 2.66. The highest BCUT2D eigenvalue weighted by atomic mass is 32.2. The largest absolute Gasteiger partial charge is 0.493 e. The third-order valence-corrected chi connectivity index (χ3v) is 5.77. The van der Waals surface area contributed by atoms with Crippen LogP contribution in [0.1, 0.15) is 0 Å². The number of benzene rings is 2. The SMILES string of the molecule is COc1cc(N2C=C(C#N)S(=O)(=O)c3c(F)cccc32)cc(OC)c1OC. The quantitative estimate of drug-likeness (QED) is 0.792. The van der Waals surface area contributed by atoms with Crippen LogP contribution in [0.2, 0.25) is 0 Å². The number of ether oxygens (including phenoxy) is 3. The zero-order valence-electron chi connectivity index (χ0n) is 14.7. The first kappa shape index (κ1) is 18.5. The highest BCUT2D eigenvalue weighted by Crippen LogP contribution is 2.46. The zero-order valence-corrected chi connectivity index (χ0v) is 15.5. The van der Waals surface area contributed by atoms with Crippen molar-refractivity contribution in [2.75, 3.05) is 26.2 Å². The molecule has 140 valence electrons. The van der Waals surface area contributed by atoms with Gasteiger partial charge in [0.1, 0.15) is 16.8 Å². The van der Waals surface area contributed by atoms with E-state index >= 15 is 0 Å². The molecule has 1 aliphatic rings. The number of hydrogen-bond acceptors (Lipinski definition) is 7. The van der Waals surface area contributed by atoms with Crippen LogP contribution in [-0.2, 0) is 9.84 Å². The van der Waals surface area contributed by atoms with E-state index in [-0.39, 0.29) is 5.69 Å². The van der Waals surface area contributed by atoms with Crippen molar-refractivity contribution >= 4 is 21.2 Å². The summed E-state index contributed by atoms with van der Waals surface area (Å²) in [4.78, 5) is 0.259. The van der Waals surface area contributed by atoms with Gasteiger partial charge in [0.2, 0.25) is 15.6 Å². The minimum absolute atomic E-state index is 0.0725. The topological polar surface area (TPSA) is 88.9 Å². The van der Waals surface area contributed by atoms with Crippen LogP contribution in [0, 0.1) is 17.1 Å². The molecule has 2 aromatic rings. The summed E-state index contributed by atoms with van der Waals surface area (Å²) in [5.74, 6) is 0.0541. The van der Waals surface area contributed by atoms with Gasteiger partial charge in [0, 0.05) is 18.3 Å². The molecule has 0 spiro atoms. The van der Waals surface area contributed by atoms with E-state index in [1.165, 1.54) is 38.4 Å². The van der Waals surface area contributed by atoms with E-state index in [9.17, 15) is 18.1 Å². The molecule has 1 heterocycles. The highest BCUT2D eigenvalue weighted by Gasteiger charge is 2.35. The van der Waals surface area contributed by atoms with Gasteiger partial charge in [0.05, 0.1) is 32.7 Å². The molecule has 0 saturated carbocycles. The van der Waals surface area contributed by atoms with Crippen molar-refractivity contribution in [3.05, 3.63) is 47.3 Å². The van der Waals surface area contributed by atoms with Crippen LogP contribution >= 0.6 is 0 Å². The molecule has 7 nitrogen and oxygen atoms in total. The number of hydrogen-bond donors (Lipinski definition) is 0. The van der Waals surface area contributed by atoms with Gasteiger partial charge in [-0.05, 0) is 12.1 Å². The Kier molecular flexibility index (Phi) is 4.68. The summed E-state index contributed by atoms with van der Waals surface area (Å²) in [6.07, 6.45) is 1.14. The number of methoxy groups -OCH3 is 3. The fraction of sp³-hybridized carbons (Fsp3) is 0.167. The maximum atomic E-state index is 14.4. The smallest absolute Gasteiger partial charge is 0.223 e. The molecule has 27 heavy (non-hydrogen) atoms. The molecule has 2 aromatic carbocycles. The molecule has 0 unspecified atom stereocenters. The Bertz CT molecular complexity index is 1060. The van der Waals surface area contributed by atoms with Crippen molar-refractivity contribution in [3.8, 4) is 23.3 Å². The first-order valence-corrected chi connectivity index (χ1v) is 9.12. The van der Waals surface area contributed by atoms with E-state index in [0.717, 1.165) is 12.3 Å². The lowest BCUT2D eigenvalue weighted by atomic mass is 10.2. The van der Waals surface area contributed by atoms with Crippen LogP contribution in [0.3, 0.4) is 0 Å². The van der Waals surface area contributed by atoms with Gasteiger partial charge in [-0.1, -0.05) is 6.07 Å².